The molecule has 4 N–H and O–H groups in total. The largest absolute Gasteiger partial charge is 0.352 e. The van der Waals surface area contributed by atoms with E-state index in [4.69, 9.17) is 5.73 Å². The first kappa shape index (κ1) is 18.7. The Labute approximate surface area is 148 Å². The van der Waals surface area contributed by atoms with Crippen LogP contribution >= 0.6 is 0 Å². The molecule has 2 rings (SSSR count). The maximum absolute atomic E-state index is 12.1. The van der Waals surface area contributed by atoms with Crippen LogP contribution in [0.4, 0.5) is 0 Å². The van der Waals surface area contributed by atoms with Gasteiger partial charge in [0.05, 0.1) is 0 Å². The van der Waals surface area contributed by atoms with Crippen molar-refractivity contribution >= 4 is 11.8 Å². The molecule has 0 radical (unpaired) electrons. The summed E-state index contributed by atoms with van der Waals surface area (Å²) in [7, 11) is 0. The minimum atomic E-state index is -0.327. The zero-order valence-corrected chi connectivity index (χ0v) is 14.5. The van der Waals surface area contributed by atoms with Crippen molar-refractivity contribution < 1.29 is 9.59 Å². The van der Waals surface area contributed by atoms with Crippen molar-refractivity contribution in [2.24, 2.45) is 5.73 Å². The number of hydrogen-bond acceptors (Lipinski definition) is 3. The predicted molar refractivity (Wildman–Crippen MR) is 98.9 cm³/mol. The number of nitrogens with one attached hydrogen (secondary N) is 2. The monoisotopic (exact) mass is 339 g/mol. The van der Waals surface area contributed by atoms with Crippen molar-refractivity contribution in [3.05, 3.63) is 71.3 Å². The molecule has 0 heterocycles. The van der Waals surface area contributed by atoms with Crippen LogP contribution in [0, 0.1) is 0 Å². The van der Waals surface area contributed by atoms with E-state index in [9.17, 15) is 9.59 Å². The van der Waals surface area contributed by atoms with Gasteiger partial charge in [-0.15, -0.1) is 0 Å². The molecule has 1 atom stereocenters. The summed E-state index contributed by atoms with van der Waals surface area (Å²) in [5, 5.41) is 5.70. The number of hydrogen-bond donors (Lipinski definition) is 3. The van der Waals surface area contributed by atoms with E-state index in [-0.39, 0.29) is 24.3 Å². The normalized spacial score (nSPS) is 11.6. The highest BCUT2D eigenvalue weighted by molar-refractivity contribution is 5.94. The molecule has 0 aliphatic carbocycles. The molecule has 0 aromatic heterocycles. The van der Waals surface area contributed by atoms with Crippen LogP contribution in [0.3, 0.4) is 0 Å². The van der Waals surface area contributed by atoms with E-state index >= 15 is 0 Å². The summed E-state index contributed by atoms with van der Waals surface area (Å²) in [4.78, 5) is 24.1. The third-order valence-electron chi connectivity index (χ3n) is 3.85. The first-order valence-electron chi connectivity index (χ1n) is 8.54. The van der Waals surface area contributed by atoms with Crippen LogP contribution in [0.1, 0.15) is 47.3 Å². The first-order valence-corrected chi connectivity index (χ1v) is 8.54. The number of amides is 2. The van der Waals surface area contributed by atoms with Crippen LogP contribution in [-0.2, 0) is 11.3 Å². The maximum Gasteiger partial charge on any atom is 0.251 e. The summed E-state index contributed by atoms with van der Waals surface area (Å²) in [6.07, 6.45) is 1.11. The SMILES string of the molecule is CCCNC(=O)c1cccc(CNC(=O)CC(N)c2ccccc2)c1. The average molecular weight is 339 g/mol. The van der Waals surface area contributed by atoms with Crippen LogP contribution in [0.15, 0.2) is 54.6 Å². The minimum absolute atomic E-state index is 0.0962. The summed E-state index contributed by atoms with van der Waals surface area (Å²) in [6.45, 7) is 3.03. The van der Waals surface area contributed by atoms with Crippen molar-refractivity contribution in [3.8, 4) is 0 Å². The highest BCUT2D eigenvalue weighted by Crippen LogP contribution is 2.13. The number of carbonyl (C=O) groups excluding carboxylic acids is 2. The fourth-order valence-corrected chi connectivity index (χ4v) is 2.45. The lowest BCUT2D eigenvalue weighted by Crippen LogP contribution is -2.27. The Morgan fingerprint density at radius 3 is 2.52 bits per heavy atom. The first-order chi connectivity index (χ1) is 12.1. The molecule has 2 amide bonds. The van der Waals surface area contributed by atoms with Gasteiger partial charge in [-0.3, -0.25) is 9.59 Å². The second kappa shape index (κ2) is 9.59. The lowest BCUT2D eigenvalue weighted by molar-refractivity contribution is -0.121. The summed E-state index contributed by atoms with van der Waals surface area (Å²) in [5.74, 6) is -0.210. The third-order valence-corrected chi connectivity index (χ3v) is 3.85. The summed E-state index contributed by atoms with van der Waals surface area (Å²) in [5.41, 5.74) is 8.48. The highest BCUT2D eigenvalue weighted by atomic mass is 16.2. The molecule has 5 heteroatoms. The van der Waals surface area contributed by atoms with Crippen LogP contribution < -0.4 is 16.4 Å². The van der Waals surface area contributed by atoms with E-state index < -0.39 is 0 Å². The maximum atomic E-state index is 12.1. The highest BCUT2D eigenvalue weighted by Gasteiger charge is 2.11. The van der Waals surface area contributed by atoms with Crippen LogP contribution in [0.5, 0.6) is 0 Å². The summed E-state index contributed by atoms with van der Waals surface area (Å²) in [6, 6.07) is 16.5. The predicted octanol–water partition coefficient (Wildman–Crippen LogP) is 2.53. The molecule has 0 spiro atoms. The molecule has 25 heavy (non-hydrogen) atoms. The number of nitrogens with two attached hydrogens (primary N) is 1. The molecule has 2 aromatic rings. The third kappa shape index (κ3) is 6.04. The average Bonchev–Trinajstić information content (AvgIpc) is 2.65. The Morgan fingerprint density at radius 1 is 1.04 bits per heavy atom. The molecule has 0 saturated carbocycles. The smallest absolute Gasteiger partial charge is 0.251 e. The van der Waals surface area contributed by atoms with Gasteiger partial charge in [0.2, 0.25) is 5.91 Å². The van der Waals surface area contributed by atoms with Crippen molar-refractivity contribution in [1.82, 2.24) is 10.6 Å². The van der Waals surface area contributed by atoms with E-state index in [0.717, 1.165) is 17.5 Å². The van der Waals surface area contributed by atoms with E-state index in [1.54, 1.807) is 12.1 Å². The van der Waals surface area contributed by atoms with E-state index in [1.165, 1.54) is 0 Å². The van der Waals surface area contributed by atoms with Crippen LogP contribution in [-0.4, -0.2) is 18.4 Å². The molecule has 0 aliphatic heterocycles. The fraction of sp³-hybridized carbons (Fsp3) is 0.300. The van der Waals surface area contributed by atoms with Crippen molar-refractivity contribution in [2.45, 2.75) is 32.4 Å². The number of carbonyl (C=O) groups is 2. The Kier molecular flexibility index (Phi) is 7.16. The molecule has 5 nitrogen and oxygen atoms in total. The van der Waals surface area contributed by atoms with Gasteiger partial charge < -0.3 is 16.4 Å². The van der Waals surface area contributed by atoms with Gasteiger partial charge in [-0.05, 0) is 29.7 Å². The van der Waals surface area contributed by atoms with Gasteiger partial charge in [0.1, 0.15) is 0 Å². The Hall–Kier alpha value is -2.66. The van der Waals surface area contributed by atoms with Gasteiger partial charge in [0.25, 0.3) is 5.91 Å². The Morgan fingerprint density at radius 2 is 1.80 bits per heavy atom. The van der Waals surface area contributed by atoms with Gasteiger partial charge in [0, 0.05) is 31.1 Å². The van der Waals surface area contributed by atoms with Gasteiger partial charge in [-0.25, -0.2) is 0 Å². The van der Waals surface area contributed by atoms with E-state index in [2.05, 4.69) is 10.6 Å². The van der Waals surface area contributed by atoms with Crippen molar-refractivity contribution in [1.29, 1.82) is 0 Å². The zero-order valence-electron chi connectivity index (χ0n) is 14.5. The zero-order chi connectivity index (χ0) is 18.1. The lowest BCUT2D eigenvalue weighted by Gasteiger charge is -2.12. The van der Waals surface area contributed by atoms with Crippen molar-refractivity contribution in [2.75, 3.05) is 6.54 Å². The second-order valence-corrected chi connectivity index (χ2v) is 5.95. The quantitative estimate of drug-likeness (QED) is 0.691. The molecule has 2 aromatic carbocycles. The van der Waals surface area contributed by atoms with Gasteiger partial charge in [-0.1, -0.05) is 49.4 Å². The van der Waals surface area contributed by atoms with Crippen LogP contribution in [0.25, 0.3) is 0 Å². The number of rotatable bonds is 8. The van der Waals surface area contributed by atoms with E-state index in [1.807, 2.05) is 49.4 Å². The van der Waals surface area contributed by atoms with Gasteiger partial charge in [-0.2, -0.15) is 0 Å². The molecular formula is C20H25N3O2. The topological polar surface area (TPSA) is 84.2 Å². The molecule has 0 fully saturated rings. The molecule has 0 aliphatic rings. The summed E-state index contributed by atoms with van der Waals surface area (Å²) >= 11 is 0. The van der Waals surface area contributed by atoms with Gasteiger partial charge in [0.15, 0.2) is 0 Å². The Balaban J connectivity index is 1.86. The number of benzene rings is 2. The summed E-state index contributed by atoms with van der Waals surface area (Å²) < 4.78 is 0. The van der Waals surface area contributed by atoms with Crippen molar-refractivity contribution in [3.63, 3.8) is 0 Å². The van der Waals surface area contributed by atoms with E-state index in [0.29, 0.717) is 18.7 Å². The molecule has 0 bridgehead atoms. The van der Waals surface area contributed by atoms with Crippen LogP contribution in [0.2, 0.25) is 0 Å². The lowest BCUT2D eigenvalue weighted by atomic mass is 10.0. The van der Waals surface area contributed by atoms with Gasteiger partial charge >= 0.3 is 0 Å². The molecular weight excluding hydrogens is 314 g/mol. The standard InChI is InChI=1S/C20H25N3O2/c1-2-11-22-20(25)17-10-6-7-15(12-17)14-23-19(24)13-18(21)16-8-4-3-5-9-16/h3-10,12,18H,2,11,13-14,21H2,1H3,(H,22,25)(H,23,24). The molecule has 1 unspecified atom stereocenters. The molecule has 0 saturated heterocycles. The molecule has 132 valence electrons. The Bertz CT molecular complexity index is 701. The second-order valence-electron chi connectivity index (χ2n) is 5.95. The minimum Gasteiger partial charge on any atom is -0.352 e. The fourth-order valence-electron chi connectivity index (χ4n) is 2.45.